The highest BCUT2D eigenvalue weighted by Gasteiger charge is 2.34. The quantitative estimate of drug-likeness (QED) is 0.466. The molecule has 200 valence electrons. The zero-order chi connectivity index (χ0) is 27.2. The first-order valence-corrected chi connectivity index (χ1v) is 12.9. The Labute approximate surface area is 224 Å². The number of ether oxygens (including phenoxy) is 2. The molecule has 1 aromatic heterocycles. The van der Waals surface area contributed by atoms with Gasteiger partial charge in [0.25, 0.3) is 11.8 Å². The fraction of sp³-hybridized carbons (Fsp3) is 0.367. The minimum atomic E-state index is -0.291. The van der Waals surface area contributed by atoms with Crippen LogP contribution in [-0.4, -0.2) is 66.0 Å². The number of carbonyl (C=O) groups excluding carboxylic acids is 2. The van der Waals surface area contributed by atoms with Gasteiger partial charge in [-0.15, -0.1) is 0 Å². The van der Waals surface area contributed by atoms with E-state index in [1.54, 1.807) is 49.8 Å². The number of nitrogens with zero attached hydrogens (tertiary/aromatic N) is 3. The average molecular weight is 517 g/mol. The van der Waals surface area contributed by atoms with Crippen LogP contribution in [0.1, 0.15) is 47.1 Å². The lowest BCUT2D eigenvalue weighted by Gasteiger charge is -2.38. The van der Waals surface area contributed by atoms with Gasteiger partial charge in [-0.2, -0.15) is 0 Å². The summed E-state index contributed by atoms with van der Waals surface area (Å²) in [6.07, 6.45) is 2.92. The van der Waals surface area contributed by atoms with Crippen LogP contribution < -0.4 is 14.8 Å². The van der Waals surface area contributed by atoms with E-state index in [0.29, 0.717) is 35.7 Å². The molecule has 2 aromatic carbocycles. The predicted molar refractivity (Wildman–Crippen MR) is 148 cm³/mol. The Balaban J connectivity index is 1.63. The number of carbonyl (C=O) groups is 2. The lowest BCUT2D eigenvalue weighted by molar-refractivity contribution is 0.0433. The number of amides is 2. The fourth-order valence-electron chi connectivity index (χ4n) is 4.64. The maximum atomic E-state index is 13.6. The highest BCUT2D eigenvalue weighted by molar-refractivity contribution is 6.07. The molecule has 2 amide bonds. The number of anilines is 1. The van der Waals surface area contributed by atoms with Gasteiger partial charge in [0, 0.05) is 49.6 Å². The minimum absolute atomic E-state index is 0.0173. The Bertz CT molecular complexity index is 1250. The van der Waals surface area contributed by atoms with Crippen LogP contribution in [0.3, 0.4) is 0 Å². The normalized spacial score (nSPS) is 17.4. The van der Waals surface area contributed by atoms with Crippen molar-refractivity contribution in [1.82, 2.24) is 14.8 Å². The smallest absolute Gasteiger partial charge is 0.257 e. The predicted octanol–water partition coefficient (Wildman–Crippen LogP) is 4.72. The maximum absolute atomic E-state index is 13.6. The third-order valence-electron chi connectivity index (χ3n) is 6.81. The van der Waals surface area contributed by atoms with Crippen LogP contribution in [0.25, 0.3) is 0 Å². The van der Waals surface area contributed by atoms with Crippen LogP contribution in [0.2, 0.25) is 0 Å². The number of rotatable bonds is 8. The molecule has 0 radical (unpaired) electrons. The number of methoxy groups -OCH3 is 1. The average Bonchev–Trinajstić information content (AvgIpc) is 2.91. The van der Waals surface area contributed by atoms with E-state index >= 15 is 0 Å². The molecule has 1 unspecified atom stereocenters. The molecule has 2 atom stereocenters. The van der Waals surface area contributed by atoms with Gasteiger partial charge in [0.1, 0.15) is 11.9 Å². The van der Waals surface area contributed by atoms with Crippen molar-refractivity contribution < 1.29 is 19.1 Å². The third-order valence-corrected chi connectivity index (χ3v) is 6.81. The number of benzene rings is 2. The number of hydrogen-bond donors (Lipinski definition) is 1. The molecule has 0 spiro atoms. The summed E-state index contributed by atoms with van der Waals surface area (Å²) in [5.41, 5.74) is 2.55. The van der Waals surface area contributed by atoms with Gasteiger partial charge in [-0.1, -0.05) is 25.1 Å². The van der Waals surface area contributed by atoms with Crippen LogP contribution in [-0.2, 0) is 6.54 Å². The molecule has 1 aliphatic heterocycles. The second kappa shape index (κ2) is 12.1. The number of hydrogen-bond acceptors (Lipinski definition) is 6. The molecule has 2 heterocycles. The molecule has 1 N–H and O–H groups in total. The van der Waals surface area contributed by atoms with E-state index in [-0.39, 0.29) is 29.9 Å². The highest BCUT2D eigenvalue weighted by Crippen LogP contribution is 2.35. The third kappa shape index (κ3) is 6.31. The Morgan fingerprint density at radius 3 is 2.53 bits per heavy atom. The van der Waals surface area contributed by atoms with Crippen LogP contribution in [0.5, 0.6) is 11.5 Å². The monoisotopic (exact) mass is 516 g/mol. The van der Waals surface area contributed by atoms with Crippen LogP contribution in [0.15, 0.2) is 67.0 Å². The first kappa shape index (κ1) is 27.1. The Morgan fingerprint density at radius 2 is 1.87 bits per heavy atom. The standard InChI is InChI=1S/C30H36N4O4/c1-20(2)34-17-21(3)27(19-33(4)18-22-9-11-24(37-5)12-10-22)38-28-25(30(34)36)7-6-8-26(28)32-29(35)23-13-15-31-16-14-23/h6-16,20-21,27H,17-19H2,1-5H3,(H,32,35)/t21?,27-/m0/s1. The lowest BCUT2D eigenvalue weighted by atomic mass is 9.99. The zero-order valence-corrected chi connectivity index (χ0v) is 22.7. The summed E-state index contributed by atoms with van der Waals surface area (Å²) in [6.45, 7) is 8.09. The van der Waals surface area contributed by atoms with E-state index in [9.17, 15) is 9.59 Å². The van der Waals surface area contributed by atoms with Gasteiger partial charge in [-0.25, -0.2) is 0 Å². The van der Waals surface area contributed by atoms with Crippen molar-refractivity contribution in [1.29, 1.82) is 0 Å². The fourth-order valence-corrected chi connectivity index (χ4v) is 4.64. The molecule has 0 aliphatic carbocycles. The van der Waals surface area contributed by atoms with E-state index in [0.717, 1.165) is 17.9 Å². The van der Waals surface area contributed by atoms with Crippen LogP contribution >= 0.6 is 0 Å². The molecular formula is C30H36N4O4. The molecule has 0 saturated heterocycles. The SMILES string of the molecule is COc1ccc(CN(C)C[C@@H]2Oc3c(NC(=O)c4ccncc4)cccc3C(=O)N(C(C)C)CC2C)cc1. The highest BCUT2D eigenvalue weighted by atomic mass is 16.5. The van der Waals surface area contributed by atoms with E-state index < -0.39 is 0 Å². The van der Waals surface area contributed by atoms with Gasteiger partial charge >= 0.3 is 0 Å². The van der Waals surface area contributed by atoms with Gasteiger partial charge < -0.3 is 19.7 Å². The summed E-state index contributed by atoms with van der Waals surface area (Å²) in [4.78, 5) is 34.7. The molecule has 8 heteroatoms. The summed E-state index contributed by atoms with van der Waals surface area (Å²) in [5, 5.41) is 2.95. The second-order valence-corrected chi connectivity index (χ2v) is 10.1. The molecule has 0 bridgehead atoms. The molecular weight excluding hydrogens is 480 g/mol. The second-order valence-electron chi connectivity index (χ2n) is 10.1. The number of pyridine rings is 1. The van der Waals surface area contributed by atoms with E-state index in [4.69, 9.17) is 9.47 Å². The zero-order valence-electron chi connectivity index (χ0n) is 22.7. The first-order chi connectivity index (χ1) is 18.3. The lowest BCUT2D eigenvalue weighted by Crippen LogP contribution is -2.48. The number of para-hydroxylation sites is 1. The number of likely N-dealkylation sites (N-methyl/N-ethyl adjacent to an activating group) is 1. The van der Waals surface area contributed by atoms with Crippen molar-refractivity contribution in [2.24, 2.45) is 5.92 Å². The van der Waals surface area contributed by atoms with Gasteiger partial charge in [0.2, 0.25) is 0 Å². The van der Waals surface area contributed by atoms with Crippen LogP contribution in [0.4, 0.5) is 5.69 Å². The summed E-state index contributed by atoms with van der Waals surface area (Å²) in [6, 6.07) is 16.6. The molecule has 1 aliphatic rings. The molecule has 0 saturated carbocycles. The van der Waals surface area contributed by atoms with E-state index in [2.05, 4.69) is 41.3 Å². The van der Waals surface area contributed by atoms with Crippen molar-refractivity contribution in [3.8, 4) is 11.5 Å². The summed E-state index contributed by atoms with van der Waals surface area (Å²) in [7, 11) is 3.72. The van der Waals surface area contributed by atoms with Crippen LogP contribution in [0, 0.1) is 5.92 Å². The molecule has 0 fully saturated rings. The molecule has 3 aromatic rings. The topological polar surface area (TPSA) is 84.0 Å². The molecule has 4 rings (SSSR count). The first-order valence-electron chi connectivity index (χ1n) is 12.9. The van der Waals surface area contributed by atoms with Gasteiger partial charge in [0.05, 0.1) is 18.4 Å². The van der Waals surface area contributed by atoms with Crippen molar-refractivity contribution in [3.63, 3.8) is 0 Å². The van der Waals surface area contributed by atoms with E-state index in [1.807, 2.05) is 30.9 Å². The number of nitrogens with one attached hydrogen (secondary N) is 1. The Morgan fingerprint density at radius 1 is 1.16 bits per heavy atom. The van der Waals surface area contributed by atoms with Crippen molar-refractivity contribution in [2.45, 2.75) is 39.5 Å². The van der Waals surface area contributed by atoms with Crippen molar-refractivity contribution in [2.75, 3.05) is 32.6 Å². The van der Waals surface area contributed by atoms with Crippen molar-refractivity contribution in [3.05, 3.63) is 83.7 Å². The Hall–Kier alpha value is -3.91. The Kier molecular flexibility index (Phi) is 8.63. The maximum Gasteiger partial charge on any atom is 0.257 e. The summed E-state index contributed by atoms with van der Waals surface area (Å²) >= 11 is 0. The minimum Gasteiger partial charge on any atom is -0.497 e. The van der Waals surface area contributed by atoms with Gasteiger partial charge in [-0.3, -0.25) is 19.5 Å². The van der Waals surface area contributed by atoms with Gasteiger partial charge in [-0.05, 0) is 62.9 Å². The molecule has 38 heavy (non-hydrogen) atoms. The molecule has 8 nitrogen and oxygen atoms in total. The number of fused-ring (bicyclic) bond motifs is 1. The summed E-state index contributed by atoms with van der Waals surface area (Å²) in [5.74, 6) is 0.884. The largest absolute Gasteiger partial charge is 0.497 e. The van der Waals surface area contributed by atoms with Crippen molar-refractivity contribution >= 4 is 17.5 Å². The number of aromatic nitrogens is 1. The summed E-state index contributed by atoms with van der Waals surface area (Å²) < 4.78 is 11.9. The van der Waals surface area contributed by atoms with Gasteiger partial charge in [0.15, 0.2) is 5.75 Å². The van der Waals surface area contributed by atoms with E-state index in [1.165, 1.54) is 0 Å².